The standard InChI is InChI=1S/C16H30O7S/c1-5-9-10-13(6-2)11-16(24(19,20)21,15(18)23-8-4)12-14(17)22-7-3/h13H,5-12H2,1-4H3,(H,19,20,21). The summed E-state index contributed by atoms with van der Waals surface area (Å²) in [6.07, 6.45) is 2.20. The van der Waals surface area contributed by atoms with Crippen molar-refractivity contribution in [1.29, 1.82) is 0 Å². The van der Waals surface area contributed by atoms with Crippen LogP contribution in [0.25, 0.3) is 0 Å². The van der Waals surface area contributed by atoms with Crippen LogP contribution in [0.3, 0.4) is 0 Å². The van der Waals surface area contributed by atoms with Crippen LogP contribution >= 0.6 is 0 Å². The fourth-order valence-corrected chi connectivity index (χ4v) is 3.66. The van der Waals surface area contributed by atoms with E-state index in [4.69, 9.17) is 9.47 Å². The molecule has 0 radical (unpaired) electrons. The first kappa shape index (κ1) is 22.9. The maximum Gasteiger partial charge on any atom is 0.330 e. The van der Waals surface area contributed by atoms with Gasteiger partial charge in [-0.2, -0.15) is 8.42 Å². The Bertz CT molecular complexity index is 501. The molecule has 142 valence electrons. The summed E-state index contributed by atoms with van der Waals surface area (Å²) >= 11 is 0. The molecule has 8 heteroatoms. The molecule has 0 aromatic carbocycles. The third-order valence-electron chi connectivity index (χ3n) is 4.04. The van der Waals surface area contributed by atoms with Crippen LogP contribution in [0.2, 0.25) is 0 Å². The van der Waals surface area contributed by atoms with Crippen LogP contribution in [0.5, 0.6) is 0 Å². The maximum atomic E-state index is 12.4. The van der Waals surface area contributed by atoms with Gasteiger partial charge >= 0.3 is 11.9 Å². The molecule has 0 fully saturated rings. The molecule has 2 atom stereocenters. The number of unbranched alkanes of at least 4 members (excludes halogenated alkanes) is 1. The average Bonchev–Trinajstić information content (AvgIpc) is 2.49. The van der Waals surface area contributed by atoms with Crippen molar-refractivity contribution >= 4 is 22.1 Å². The molecule has 2 unspecified atom stereocenters. The molecule has 0 saturated carbocycles. The minimum Gasteiger partial charge on any atom is -0.466 e. The van der Waals surface area contributed by atoms with Crippen molar-refractivity contribution in [2.75, 3.05) is 13.2 Å². The molecule has 7 nitrogen and oxygen atoms in total. The lowest BCUT2D eigenvalue weighted by molar-refractivity contribution is -0.153. The van der Waals surface area contributed by atoms with Crippen LogP contribution in [0.4, 0.5) is 0 Å². The quantitative estimate of drug-likeness (QED) is 0.418. The van der Waals surface area contributed by atoms with E-state index in [0.29, 0.717) is 12.8 Å². The summed E-state index contributed by atoms with van der Waals surface area (Å²) in [7, 11) is -4.87. The second-order valence-electron chi connectivity index (χ2n) is 5.79. The smallest absolute Gasteiger partial charge is 0.330 e. The molecule has 0 bridgehead atoms. The maximum absolute atomic E-state index is 12.4. The normalized spacial score (nSPS) is 15.4. The second-order valence-corrected chi connectivity index (χ2v) is 7.52. The lowest BCUT2D eigenvalue weighted by Crippen LogP contribution is -2.50. The van der Waals surface area contributed by atoms with Crippen molar-refractivity contribution in [1.82, 2.24) is 0 Å². The Morgan fingerprint density at radius 2 is 1.67 bits per heavy atom. The summed E-state index contributed by atoms with van der Waals surface area (Å²) in [5, 5.41) is 0. The van der Waals surface area contributed by atoms with Gasteiger partial charge < -0.3 is 9.47 Å². The highest BCUT2D eigenvalue weighted by atomic mass is 32.2. The van der Waals surface area contributed by atoms with Gasteiger partial charge in [-0.15, -0.1) is 0 Å². The van der Waals surface area contributed by atoms with E-state index < -0.39 is 33.2 Å². The van der Waals surface area contributed by atoms with E-state index >= 15 is 0 Å². The van der Waals surface area contributed by atoms with Gasteiger partial charge in [0.15, 0.2) is 0 Å². The van der Waals surface area contributed by atoms with E-state index in [1.807, 2.05) is 13.8 Å². The van der Waals surface area contributed by atoms with Gasteiger partial charge in [0.05, 0.1) is 19.6 Å². The van der Waals surface area contributed by atoms with Crippen molar-refractivity contribution in [3.8, 4) is 0 Å². The fourth-order valence-electron chi connectivity index (χ4n) is 2.65. The first-order chi connectivity index (χ1) is 11.2. The number of hydrogen-bond acceptors (Lipinski definition) is 6. The topological polar surface area (TPSA) is 107 Å². The third-order valence-corrected chi connectivity index (χ3v) is 5.50. The van der Waals surface area contributed by atoms with Gasteiger partial charge in [-0.05, 0) is 26.2 Å². The molecule has 0 aromatic rings. The Hall–Kier alpha value is -1.15. The third kappa shape index (κ3) is 6.39. The number of carbonyl (C=O) groups excluding carboxylic acids is 2. The van der Waals surface area contributed by atoms with Gasteiger partial charge in [0.1, 0.15) is 0 Å². The summed E-state index contributed by atoms with van der Waals surface area (Å²) in [4.78, 5) is 24.3. The molecule has 0 aliphatic heterocycles. The molecule has 24 heavy (non-hydrogen) atoms. The van der Waals surface area contributed by atoms with Crippen LogP contribution in [0.15, 0.2) is 0 Å². The van der Waals surface area contributed by atoms with Gasteiger partial charge in [-0.3, -0.25) is 14.1 Å². The zero-order valence-electron chi connectivity index (χ0n) is 15.0. The summed E-state index contributed by atoms with van der Waals surface area (Å²) in [5.41, 5.74) is 0. The van der Waals surface area contributed by atoms with Crippen molar-refractivity contribution in [2.45, 2.75) is 71.0 Å². The summed E-state index contributed by atoms with van der Waals surface area (Å²) < 4.78 is 41.3. The zero-order valence-corrected chi connectivity index (χ0v) is 15.9. The molecule has 1 N–H and O–H groups in total. The molecule has 0 rings (SSSR count). The second kappa shape index (κ2) is 10.7. The number of rotatable bonds is 12. The number of hydrogen-bond donors (Lipinski definition) is 1. The molecule has 0 heterocycles. The first-order valence-corrected chi connectivity index (χ1v) is 9.92. The fraction of sp³-hybridized carbons (Fsp3) is 0.875. The van der Waals surface area contributed by atoms with Gasteiger partial charge in [0.25, 0.3) is 10.1 Å². The monoisotopic (exact) mass is 366 g/mol. The molecular formula is C16H30O7S. The van der Waals surface area contributed by atoms with Crippen LogP contribution in [-0.4, -0.2) is 42.9 Å². The van der Waals surface area contributed by atoms with Crippen LogP contribution in [-0.2, 0) is 29.2 Å². The highest BCUT2D eigenvalue weighted by Gasteiger charge is 2.54. The van der Waals surface area contributed by atoms with Crippen molar-refractivity contribution in [3.63, 3.8) is 0 Å². The molecule has 0 saturated heterocycles. The van der Waals surface area contributed by atoms with Crippen molar-refractivity contribution < 1.29 is 32.0 Å². The SMILES string of the molecule is CCCCC(CC)CC(CC(=O)OCC)(C(=O)OCC)S(=O)(=O)O. The largest absolute Gasteiger partial charge is 0.466 e. The van der Waals surface area contributed by atoms with Gasteiger partial charge in [0.2, 0.25) is 4.75 Å². The van der Waals surface area contributed by atoms with Gasteiger partial charge in [0, 0.05) is 0 Å². The Morgan fingerprint density at radius 1 is 1.08 bits per heavy atom. The van der Waals surface area contributed by atoms with Crippen LogP contribution in [0.1, 0.15) is 66.2 Å². The Morgan fingerprint density at radius 3 is 2.08 bits per heavy atom. The Kier molecular flexibility index (Phi) is 10.1. The van der Waals surface area contributed by atoms with Crippen molar-refractivity contribution in [2.24, 2.45) is 5.92 Å². The van der Waals surface area contributed by atoms with Gasteiger partial charge in [-0.1, -0.05) is 39.5 Å². The average molecular weight is 366 g/mol. The summed E-state index contributed by atoms with van der Waals surface area (Å²) in [5.74, 6) is -2.09. The highest BCUT2D eigenvalue weighted by molar-refractivity contribution is 7.88. The molecule has 0 aliphatic carbocycles. The predicted molar refractivity (Wildman–Crippen MR) is 90.1 cm³/mol. The van der Waals surface area contributed by atoms with E-state index in [2.05, 4.69) is 0 Å². The van der Waals surface area contributed by atoms with E-state index in [1.165, 1.54) is 6.92 Å². The van der Waals surface area contributed by atoms with Gasteiger partial charge in [-0.25, -0.2) is 0 Å². The van der Waals surface area contributed by atoms with E-state index in [1.54, 1.807) is 6.92 Å². The number of carbonyl (C=O) groups is 2. The Labute approximate surface area is 144 Å². The van der Waals surface area contributed by atoms with Crippen LogP contribution in [0, 0.1) is 5.92 Å². The lowest BCUT2D eigenvalue weighted by Gasteiger charge is -2.31. The molecule has 0 amide bonds. The van der Waals surface area contributed by atoms with Crippen molar-refractivity contribution in [3.05, 3.63) is 0 Å². The molecule has 0 spiro atoms. The first-order valence-electron chi connectivity index (χ1n) is 8.48. The predicted octanol–water partition coefficient (Wildman–Crippen LogP) is 2.74. The summed E-state index contributed by atoms with van der Waals surface area (Å²) in [6, 6.07) is 0. The molecule has 0 aromatic heterocycles. The van der Waals surface area contributed by atoms with E-state index in [-0.39, 0.29) is 25.6 Å². The minimum atomic E-state index is -4.87. The Balaban J connectivity index is 5.80. The molecule has 0 aliphatic rings. The highest BCUT2D eigenvalue weighted by Crippen LogP contribution is 2.34. The number of esters is 2. The minimum absolute atomic E-state index is 0.0509. The zero-order chi connectivity index (χ0) is 18.8. The van der Waals surface area contributed by atoms with Crippen LogP contribution < -0.4 is 0 Å². The summed E-state index contributed by atoms with van der Waals surface area (Å²) in [6.45, 7) is 7.00. The lowest BCUT2D eigenvalue weighted by atomic mass is 9.86. The molecular weight excluding hydrogens is 336 g/mol. The van der Waals surface area contributed by atoms with E-state index in [9.17, 15) is 22.6 Å². The van der Waals surface area contributed by atoms with E-state index in [0.717, 1.165) is 12.8 Å². The number of ether oxygens (including phenoxy) is 2.